The second-order valence-corrected chi connectivity index (χ2v) is 6.36. The van der Waals surface area contributed by atoms with E-state index in [1.54, 1.807) is 13.0 Å². The van der Waals surface area contributed by atoms with Gasteiger partial charge in [-0.25, -0.2) is 4.39 Å². The number of carbonyl (C=O) groups excluding carboxylic acids is 1. The fourth-order valence-electron chi connectivity index (χ4n) is 2.99. The minimum atomic E-state index is -0.345. The maximum absolute atomic E-state index is 13.7. The van der Waals surface area contributed by atoms with Crippen molar-refractivity contribution in [2.45, 2.75) is 45.6 Å². The van der Waals surface area contributed by atoms with Gasteiger partial charge in [-0.3, -0.25) is 4.79 Å². The quantitative estimate of drug-likeness (QED) is 0.926. The van der Waals surface area contributed by atoms with Crippen molar-refractivity contribution >= 4 is 5.91 Å². The van der Waals surface area contributed by atoms with Crippen LogP contribution in [0.15, 0.2) is 22.7 Å². The summed E-state index contributed by atoms with van der Waals surface area (Å²) in [7, 11) is 0. The van der Waals surface area contributed by atoms with Crippen LogP contribution in [0.5, 0.6) is 5.75 Å². The average molecular weight is 332 g/mol. The van der Waals surface area contributed by atoms with E-state index < -0.39 is 0 Å². The number of nitrogens with one attached hydrogen (secondary N) is 1. The van der Waals surface area contributed by atoms with Crippen LogP contribution < -0.4 is 10.1 Å². The van der Waals surface area contributed by atoms with Gasteiger partial charge < -0.3 is 14.6 Å². The van der Waals surface area contributed by atoms with Crippen LogP contribution in [0.3, 0.4) is 0 Å². The highest BCUT2D eigenvalue weighted by Gasteiger charge is 2.27. The molecule has 0 aliphatic carbocycles. The lowest BCUT2D eigenvalue weighted by atomic mass is 10.00. The molecule has 1 atom stereocenters. The van der Waals surface area contributed by atoms with Gasteiger partial charge in [0, 0.05) is 11.5 Å². The molecule has 1 aliphatic heterocycles. The Hall–Kier alpha value is -2.37. The molecular weight excluding hydrogens is 311 g/mol. The molecule has 1 aromatic heterocycles. The van der Waals surface area contributed by atoms with Gasteiger partial charge in [-0.05, 0) is 38.0 Å². The van der Waals surface area contributed by atoms with E-state index >= 15 is 0 Å². The number of fused-ring (bicyclic) bond motifs is 1. The Labute approximate surface area is 140 Å². The molecule has 1 aliphatic rings. The van der Waals surface area contributed by atoms with Gasteiger partial charge >= 0.3 is 0 Å². The summed E-state index contributed by atoms with van der Waals surface area (Å²) in [5.41, 5.74) is 1.69. The fourth-order valence-corrected chi connectivity index (χ4v) is 2.99. The lowest BCUT2D eigenvalue weighted by Crippen LogP contribution is -2.29. The molecule has 128 valence electrons. The number of aryl methyl sites for hydroxylation is 1. The van der Waals surface area contributed by atoms with Gasteiger partial charge in [0.25, 0.3) is 5.91 Å². The Balaban J connectivity index is 1.90. The Kier molecular flexibility index (Phi) is 4.55. The van der Waals surface area contributed by atoms with Crippen molar-refractivity contribution in [1.29, 1.82) is 0 Å². The highest BCUT2D eigenvalue weighted by molar-refractivity contribution is 5.96. The monoisotopic (exact) mass is 332 g/mol. The first-order valence-corrected chi connectivity index (χ1v) is 8.16. The maximum Gasteiger partial charge on any atom is 0.257 e. The number of halogens is 1. The zero-order chi connectivity index (χ0) is 17.3. The zero-order valence-electron chi connectivity index (χ0n) is 14.1. The predicted molar refractivity (Wildman–Crippen MR) is 86.7 cm³/mol. The van der Waals surface area contributed by atoms with Gasteiger partial charge in [-0.2, -0.15) is 0 Å². The molecule has 1 N–H and O–H groups in total. The number of hydrogen-bond donors (Lipinski definition) is 1. The Bertz CT molecular complexity index is 755. The normalized spacial score (nSPS) is 17.1. The summed E-state index contributed by atoms with van der Waals surface area (Å²) in [5, 5.41) is 6.90. The molecule has 1 amide bonds. The van der Waals surface area contributed by atoms with Gasteiger partial charge in [-0.15, -0.1) is 0 Å². The molecule has 0 bridgehead atoms. The fraction of sp³-hybridized carbons (Fsp3) is 0.444. The van der Waals surface area contributed by atoms with E-state index in [4.69, 9.17) is 9.26 Å². The third-order valence-electron chi connectivity index (χ3n) is 4.19. The molecule has 0 saturated carbocycles. The van der Waals surface area contributed by atoms with Gasteiger partial charge in [-0.1, -0.05) is 19.0 Å². The van der Waals surface area contributed by atoms with Gasteiger partial charge in [0.2, 0.25) is 0 Å². The smallest absolute Gasteiger partial charge is 0.257 e. The summed E-state index contributed by atoms with van der Waals surface area (Å²) in [5.74, 6) is 0.635. The third kappa shape index (κ3) is 3.13. The van der Waals surface area contributed by atoms with Crippen molar-refractivity contribution in [3.63, 3.8) is 0 Å². The number of hydrogen-bond acceptors (Lipinski definition) is 4. The van der Waals surface area contributed by atoms with Crippen LogP contribution >= 0.6 is 0 Å². The molecule has 0 unspecified atom stereocenters. The van der Waals surface area contributed by atoms with E-state index in [1.165, 1.54) is 12.1 Å². The summed E-state index contributed by atoms with van der Waals surface area (Å²) < 4.78 is 24.6. The van der Waals surface area contributed by atoms with Crippen LogP contribution in [0.4, 0.5) is 4.39 Å². The predicted octanol–water partition coefficient (Wildman–Crippen LogP) is 3.89. The summed E-state index contributed by atoms with van der Waals surface area (Å²) in [6.45, 7) is 6.18. The van der Waals surface area contributed by atoms with Gasteiger partial charge in [0.1, 0.15) is 17.1 Å². The first-order chi connectivity index (χ1) is 11.5. The number of aromatic nitrogens is 1. The molecule has 2 heterocycles. The minimum absolute atomic E-state index is 0.0501. The number of carbonyl (C=O) groups is 1. The molecule has 0 fully saturated rings. The molecule has 0 spiro atoms. The number of rotatable bonds is 3. The molecule has 0 radical (unpaired) electrons. The molecule has 5 nitrogen and oxygen atoms in total. The van der Waals surface area contributed by atoms with E-state index in [2.05, 4.69) is 10.5 Å². The number of benzene rings is 1. The van der Waals surface area contributed by atoms with Gasteiger partial charge in [0.15, 0.2) is 5.76 Å². The molecule has 1 aromatic carbocycles. The van der Waals surface area contributed by atoms with Crippen molar-refractivity contribution in [1.82, 2.24) is 10.5 Å². The van der Waals surface area contributed by atoms with Crippen molar-refractivity contribution in [3.8, 4) is 5.75 Å². The molecular formula is C18H21FN2O3. The molecule has 24 heavy (non-hydrogen) atoms. The number of ether oxygens (including phenoxy) is 1. The van der Waals surface area contributed by atoms with Crippen LogP contribution in [0.25, 0.3) is 0 Å². The lowest BCUT2D eigenvalue weighted by molar-refractivity contribution is 0.0931. The summed E-state index contributed by atoms with van der Waals surface area (Å²) >= 11 is 0. The second-order valence-electron chi connectivity index (χ2n) is 6.36. The van der Waals surface area contributed by atoms with Crippen LogP contribution in [-0.2, 0) is 0 Å². The largest absolute Gasteiger partial charge is 0.493 e. The first-order valence-electron chi connectivity index (χ1n) is 8.16. The Morgan fingerprint density at radius 1 is 1.42 bits per heavy atom. The van der Waals surface area contributed by atoms with E-state index in [-0.39, 0.29) is 23.7 Å². The molecule has 0 saturated heterocycles. The Morgan fingerprint density at radius 3 is 2.96 bits per heavy atom. The zero-order valence-corrected chi connectivity index (χ0v) is 14.1. The minimum Gasteiger partial charge on any atom is -0.493 e. The van der Waals surface area contributed by atoms with E-state index in [9.17, 15) is 9.18 Å². The topological polar surface area (TPSA) is 64.4 Å². The van der Waals surface area contributed by atoms with Crippen molar-refractivity contribution in [2.24, 2.45) is 0 Å². The van der Waals surface area contributed by atoms with Crippen LogP contribution in [0.2, 0.25) is 0 Å². The summed E-state index contributed by atoms with van der Waals surface area (Å²) in [4.78, 5) is 12.8. The lowest BCUT2D eigenvalue weighted by Gasteiger charge is -2.19. The standard InChI is InChI=1S/C18H21FN2O3/c1-10(2)17-16(11(3)21-24-17)18(22)20-14-5-4-8-23-15-7-6-12(19)9-13(14)15/h6-7,9-10,14H,4-5,8H2,1-3H3,(H,20,22)/t14-/m0/s1. The van der Waals surface area contributed by atoms with E-state index in [1.807, 2.05) is 13.8 Å². The Morgan fingerprint density at radius 2 is 2.21 bits per heavy atom. The number of amides is 1. The second kappa shape index (κ2) is 6.63. The van der Waals surface area contributed by atoms with Gasteiger partial charge in [0.05, 0.1) is 18.3 Å². The summed E-state index contributed by atoms with van der Waals surface area (Å²) in [6, 6.07) is 4.10. The SMILES string of the molecule is Cc1noc(C(C)C)c1C(=O)N[C@H]1CCCOc2ccc(F)cc21. The highest BCUT2D eigenvalue weighted by atomic mass is 19.1. The molecule has 2 aromatic rings. The average Bonchev–Trinajstić information content (AvgIpc) is 2.82. The third-order valence-corrected chi connectivity index (χ3v) is 4.19. The number of nitrogens with zero attached hydrogens (tertiary/aromatic N) is 1. The van der Waals surface area contributed by atoms with E-state index in [0.29, 0.717) is 41.4 Å². The van der Waals surface area contributed by atoms with Crippen molar-refractivity contribution in [3.05, 3.63) is 46.6 Å². The van der Waals surface area contributed by atoms with Crippen LogP contribution in [0, 0.1) is 12.7 Å². The van der Waals surface area contributed by atoms with Crippen LogP contribution in [0.1, 0.15) is 66.0 Å². The molecule has 6 heteroatoms. The van der Waals surface area contributed by atoms with Crippen molar-refractivity contribution < 1.29 is 18.4 Å². The summed E-state index contributed by atoms with van der Waals surface area (Å²) in [6.07, 6.45) is 1.46. The first kappa shape index (κ1) is 16.5. The maximum atomic E-state index is 13.7. The van der Waals surface area contributed by atoms with E-state index in [0.717, 1.165) is 6.42 Å². The van der Waals surface area contributed by atoms with Crippen molar-refractivity contribution in [2.75, 3.05) is 6.61 Å². The highest BCUT2D eigenvalue weighted by Crippen LogP contribution is 2.33. The molecule has 3 rings (SSSR count). The van der Waals surface area contributed by atoms with Crippen LogP contribution in [-0.4, -0.2) is 17.7 Å².